The molecule has 1 aromatic carbocycles. The standard InChI is InChI=1S/C14H18ClNO2/c15-12-11-5-8-17-13(11)9(3-1-2-6-16)10-4-7-18-14(10)12/h1-8,16H2. The summed E-state index contributed by atoms with van der Waals surface area (Å²) in [6.45, 7) is 2.22. The molecular formula is C14H18ClNO2. The van der Waals surface area contributed by atoms with E-state index in [0.29, 0.717) is 0 Å². The Morgan fingerprint density at radius 1 is 1.00 bits per heavy atom. The normalized spacial score (nSPS) is 16.1. The number of ether oxygens (including phenoxy) is 2. The summed E-state index contributed by atoms with van der Waals surface area (Å²) in [4.78, 5) is 0. The van der Waals surface area contributed by atoms with Gasteiger partial charge in [0.2, 0.25) is 0 Å². The van der Waals surface area contributed by atoms with Crippen molar-refractivity contribution in [1.29, 1.82) is 0 Å². The quantitative estimate of drug-likeness (QED) is 0.853. The fraction of sp³-hybridized carbons (Fsp3) is 0.571. The van der Waals surface area contributed by atoms with Gasteiger partial charge in [-0.2, -0.15) is 0 Å². The van der Waals surface area contributed by atoms with Crippen molar-refractivity contribution in [3.63, 3.8) is 0 Å². The first-order chi connectivity index (χ1) is 8.83. The van der Waals surface area contributed by atoms with Gasteiger partial charge in [-0.15, -0.1) is 0 Å². The van der Waals surface area contributed by atoms with Crippen LogP contribution in [-0.4, -0.2) is 19.8 Å². The predicted octanol–water partition coefficient (Wildman–Crippen LogP) is 2.49. The van der Waals surface area contributed by atoms with E-state index in [2.05, 4.69) is 0 Å². The third-order valence-electron chi connectivity index (χ3n) is 3.73. The Kier molecular flexibility index (Phi) is 3.35. The van der Waals surface area contributed by atoms with Gasteiger partial charge in [0.15, 0.2) is 0 Å². The number of hydrogen-bond donors (Lipinski definition) is 1. The van der Waals surface area contributed by atoms with Crippen molar-refractivity contribution in [1.82, 2.24) is 0 Å². The van der Waals surface area contributed by atoms with E-state index in [1.807, 2.05) is 0 Å². The van der Waals surface area contributed by atoms with E-state index >= 15 is 0 Å². The fourth-order valence-electron chi connectivity index (χ4n) is 2.86. The Morgan fingerprint density at radius 3 is 2.50 bits per heavy atom. The molecule has 0 fully saturated rings. The molecule has 2 N–H and O–H groups in total. The van der Waals surface area contributed by atoms with Crippen molar-refractivity contribution >= 4 is 11.6 Å². The molecule has 98 valence electrons. The van der Waals surface area contributed by atoms with Crippen LogP contribution in [0.2, 0.25) is 5.02 Å². The number of halogens is 1. The molecule has 2 aliphatic rings. The van der Waals surface area contributed by atoms with E-state index in [9.17, 15) is 0 Å². The lowest BCUT2D eigenvalue weighted by Crippen LogP contribution is -2.02. The van der Waals surface area contributed by atoms with Crippen LogP contribution in [0.1, 0.15) is 29.5 Å². The molecule has 2 heterocycles. The Hall–Kier alpha value is -0.930. The van der Waals surface area contributed by atoms with Gasteiger partial charge < -0.3 is 15.2 Å². The maximum Gasteiger partial charge on any atom is 0.142 e. The van der Waals surface area contributed by atoms with Crippen molar-refractivity contribution in [2.75, 3.05) is 19.8 Å². The Balaban J connectivity index is 2.01. The molecular weight excluding hydrogens is 250 g/mol. The molecule has 0 saturated carbocycles. The summed E-state index contributed by atoms with van der Waals surface area (Å²) in [5, 5.41) is 0.776. The lowest BCUT2D eigenvalue weighted by Gasteiger charge is -2.14. The zero-order valence-corrected chi connectivity index (χ0v) is 11.2. The maximum absolute atomic E-state index is 6.41. The molecule has 0 amide bonds. The molecule has 0 bridgehead atoms. The lowest BCUT2D eigenvalue weighted by atomic mass is 9.95. The summed E-state index contributed by atoms with van der Waals surface area (Å²) in [7, 11) is 0. The molecule has 0 aliphatic carbocycles. The van der Waals surface area contributed by atoms with Crippen LogP contribution in [0.25, 0.3) is 0 Å². The average molecular weight is 268 g/mol. The van der Waals surface area contributed by atoms with Crippen LogP contribution in [-0.2, 0) is 19.3 Å². The monoisotopic (exact) mass is 267 g/mol. The molecule has 3 rings (SSSR count). The van der Waals surface area contributed by atoms with E-state index in [4.69, 9.17) is 26.8 Å². The summed E-state index contributed by atoms with van der Waals surface area (Å²) in [5.41, 5.74) is 9.28. The zero-order chi connectivity index (χ0) is 12.5. The first kappa shape index (κ1) is 12.1. The molecule has 3 nitrogen and oxygen atoms in total. The minimum atomic E-state index is 0.738. The third kappa shape index (κ3) is 1.86. The second kappa shape index (κ2) is 4.98. The van der Waals surface area contributed by atoms with Crippen molar-refractivity contribution in [2.45, 2.75) is 32.1 Å². The number of benzene rings is 1. The predicted molar refractivity (Wildman–Crippen MR) is 71.8 cm³/mol. The Morgan fingerprint density at radius 2 is 1.72 bits per heavy atom. The number of fused-ring (bicyclic) bond motifs is 2. The topological polar surface area (TPSA) is 44.5 Å². The minimum absolute atomic E-state index is 0.738. The van der Waals surface area contributed by atoms with Crippen LogP contribution in [0.4, 0.5) is 0 Å². The van der Waals surface area contributed by atoms with Crippen LogP contribution in [0.5, 0.6) is 11.5 Å². The van der Waals surface area contributed by atoms with Crippen LogP contribution in [0.3, 0.4) is 0 Å². The molecule has 4 heteroatoms. The van der Waals surface area contributed by atoms with E-state index < -0.39 is 0 Å². The minimum Gasteiger partial charge on any atom is -0.493 e. The van der Waals surface area contributed by atoms with Crippen molar-refractivity contribution < 1.29 is 9.47 Å². The smallest absolute Gasteiger partial charge is 0.142 e. The SMILES string of the molecule is NCCCCc1c2c(c(Cl)c3c1OCC3)OCC2. The molecule has 0 saturated heterocycles. The van der Waals surface area contributed by atoms with Crippen LogP contribution in [0, 0.1) is 0 Å². The van der Waals surface area contributed by atoms with Gasteiger partial charge in [-0.05, 0) is 25.8 Å². The molecule has 0 atom stereocenters. The summed E-state index contributed by atoms with van der Waals surface area (Å²) >= 11 is 6.41. The van der Waals surface area contributed by atoms with Gasteiger partial charge in [0.1, 0.15) is 11.5 Å². The molecule has 2 aliphatic heterocycles. The molecule has 0 unspecified atom stereocenters. The van der Waals surface area contributed by atoms with Crippen molar-refractivity contribution in [2.24, 2.45) is 5.73 Å². The summed E-state index contributed by atoms with van der Waals surface area (Å²) < 4.78 is 11.5. The fourth-order valence-corrected chi connectivity index (χ4v) is 3.21. The van der Waals surface area contributed by atoms with Gasteiger partial charge in [-0.1, -0.05) is 11.6 Å². The van der Waals surface area contributed by atoms with Crippen LogP contribution < -0.4 is 15.2 Å². The van der Waals surface area contributed by atoms with Gasteiger partial charge >= 0.3 is 0 Å². The molecule has 1 aromatic rings. The van der Waals surface area contributed by atoms with Crippen LogP contribution in [0.15, 0.2) is 0 Å². The van der Waals surface area contributed by atoms with E-state index in [-0.39, 0.29) is 0 Å². The first-order valence-corrected chi connectivity index (χ1v) is 7.02. The highest BCUT2D eigenvalue weighted by Gasteiger charge is 2.30. The Bertz CT molecular complexity index is 438. The average Bonchev–Trinajstić information content (AvgIpc) is 3.02. The number of hydrogen-bond acceptors (Lipinski definition) is 3. The van der Waals surface area contributed by atoms with Crippen molar-refractivity contribution in [3.05, 3.63) is 21.7 Å². The van der Waals surface area contributed by atoms with Crippen molar-refractivity contribution in [3.8, 4) is 11.5 Å². The first-order valence-electron chi connectivity index (χ1n) is 6.64. The number of rotatable bonds is 4. The second-order valence-electron chi connectivity index (χ2n) is 4.85. The summed E-state index contributed by atoms with van der Waals surface area (Å²) in [6, 6.07) is 0. The Labute approximate surface area is 112 Å². The van der Waals surface area contributed by atoms with Crippen LogP contribution >= 0.6 is 11.6 Å². The van der Waals surface area contributed by atoms with E-state index in [0.717, 1.165) is 73.9 Å². The maximum atomic E-state index is 6.41. The van der Waals surface area contributed by atoms with Gasteiger partial charge in [0, 0.05) is 29.5 Å². The molecule has 0 aromatic heterocycles. The highest BCUT2D eigenvalue weighted by Crippen LogP contribution is 2.47. The second-order valence-corrected chi connectivity index (χ2v) is 5.23. The van der Waals surface area contributed by atoms with E-state index in [1.54, 1.807) is 0 Å². The molecule has 0 radical (unpaired) electrons. The van der Waals surface area contributed by atoms with Gasteiger partial charge in [0.05, 0.1) is 18.2 Å². The van der Waals surface area contributed by atoms with Gasteiger partial charge in [-0.25, -0.2) is 0 Å². The summed E-state index contributed by atoms with van der Waals surface area (Å²) in [5.74, 6) is 1.94. The summed E-state index contributed by atoms with van der Waals surface area (Å²) in [6.07, 6.45) is 5.01. The lowest BCUT2D eigenvalue weighted by molar-refractivity contribution is 0.352. The molecule has 18 heavy (non-hydrogen) atoms. The number of nitrogens with two attached hydrogens (primary N) is 1. The van der Waals surface area contributed by atoms with Gasteiger partial charge in [0.25, 0.3) is 0 Å². The number of unbranched alkanes of at least 4 members (excludes halogenated alkanes) is 1. The molecule has 0 spiro atoms. The van der Waals surface area contributed by atoms with Gasteiger partial charge in [-0.3, -0.25) is 0 Å². The highest BCUT2D eigenvalue weighted by molar-refractivity contribution is 6.33. The largest absolute Gasteiger partial charge is 0.493 e. The van der Waals surface area contributed by atoms with E-state index in [1.165, 1.54) is 11.1 Å². The zero-order valence-electron chi connectivity index (χ0n) is 10.4. The third-order valence-corrected chi connectivity index (χ3v) is 4.13. The highest BCUT2D eigenvalue weighted by atomic mass is 35.5.